The summed E-state index contributed by atoms with van der Waals surface area (Å²) < 4.78 is 4.95. The van der Waals surface area contributed by atoms with Gasteiger partial charge in [-0.2, -0.15) is 0 Å². The Morgan fingerprint density at radius 2 is 2.10 bits per heavy atom. The van der Waals surface area contributed by atoms with Crippen LogP contribution in [0.3, 0.4) is 0 Å². The second kappa shape index (κ2) is 4.76. The molecule has 1 aromatic carbocycles. The molecule has 1 aromatic rings. The van der Waals surface area contributed by atoms with Gasteiger partial charge in [-0.15, -0.1) is 0 Å². The van der Waals surface area contributed by atoms with E-state index in [1.807, 2.05) is 12.1 Å². The van der Waals surface area contributed by atoms with Gasteiger partial charge < -0.3 is 15.4 Å². The van der Waals surface area contributed by atoms with Crippen LogP contribution in [0.5, 0.6) is 0 Å². The fraction of sp³-hybridized carbons (Fsp3) is 0.357. The number of nitrogens with zero attached hydrogens (tertiary/aromatic N) is 2. The molecule has 0 aliphatic carbocycles. The highest BCUT2D eigenvalue weighted by Crippen LogP contribution is 2.38. The lowest BCUT2D eigenvalue weighted by atomic mass is 10.00. The number of carbonyl (C=O) groups excluding carboxylic acids is 3. The molecular weight excluding hydrogens is 274 g/mol. The maximum absolute atomic E-state index is 12.0. The van der Waals surface area contributed by atoms with Crippen molar-refractivity contribution in [2.45, 2.75) is 18.9 Å². The van der Waals surface area contributed by atoms with Gasteiger partial charge in [-0.3, -0.25) is 14.5 Å². The number of nitrogens with two attached hydrogens (primary N) is 1. The zero-order valence-electron chi connectivity index (χ0n) is 11.5. The molecule has 7 heteroatoms. The molecule has 2 heterocycles. The van der Waals surface area contributed by atoms with Crippen LogP contribution in [0.15, 0.2) is 18.2 Å². The third-order valence-corrected chi connectivity index (χ3v) is 3.84. The van der Waals surface area contributed by atoms with Gasteiger partial charge in [-0.25, -0.2) is 4.79 Å². The Balaban J connectivity index is 2.02. The molecule has 1 fully saturated rings. The van der Waals surface area contributed by atoms with Crippen molar-refractivity contribution in [3.8, 4) is 0 Å². The van der Waals surface area contributed by atoms with Gasteiger partial charge in [0.1, 0.15) is 0 Å². The molecule has 2 N–H and O–H groups in total. The van der Waals surface area contributed by atoms with Crippen LogP contribution in [0, 0.1) is 0 Å². The molecule has 1 atom stereocenters. The number of hydrogen-bond donors (Lipinski definition) is 1. The average Bonchev–Trinajstić information content (AvgIpc) is 2.84. The Bertz CT molecular complexity index is 643. The van der Waals surface area contributed by atoms with Gasteiger partial charge >= 0.3 is 6.09 Å². The largest absolute Gasteiger partial charge is 0.434 e. The van der Waals surface area contributed by atoms with E-state index < -0.39 is 18.1 Å². The van der Waals surface area contributed by atoms with Gasteiger partial charge in [-0.1, -0.05) is 12.1 Å². The zero-order chi connectivity index (χ0) is 15.1. The lowest BCUT2D eigenvalue weighted by molar-refractivity contribution is -0.124. The van der Waals surface area contributed by atoms with E-state index in [0.29, 0.717) is 24.2 Å². The second-order valence-corrected chi connectivity index (χ2v) is 5.12. The van der Waals surface area contributed by atoms with Crippen LogP contribution < -0.4 is 15.5 Å². The predicted octanol–water partition coefficient (Wildman–Crippen LogP) is 0.406. The highest BCUT2D eigenvalue weighted by atomic mass is 16.6. The molecule has 0 radical (unpaired) electrons. The Kier molecular flexibility index (Phi) is 3.04. The fourth-order valence-electron chi connectivity index (χ4n) is 2.73. The Labute approximate surface area is 121 Å². The van der Waals surface area contributed by atoms with Crippen LogP contribution in [0.4, 0.5) is 16.2 Å². The van der Waals surface area contributed by atoms with E-state index in [-0.39, 0.29) is 12.5 Å². The third-order valence-electron chi connectivity index (χ3n) is 3.84. The normalized spacial score (nSPS) is 21.3. The number of cyclic esters (lactones) is 1. The number of fused-ring (bicyclic) bond motifs is 1. The van der Waals surface area contributed by atoms with Crippen LogP contribution in [0.1, 0.15) is 12.0 Å². The lowest BCUT2D eigenvalue weighted by Gasteiger charge is -2.30. The molecule has 0 saturated carbocycles. The Morgan fingerprint density at radius 1 is 1.33 bits per heavy atom. The number of hydrogen-bond acceptors (Lipinski definition) is 4. The van der Waals surface area contributed by atoms with Gasteiger partial charge in [0.2, 0.25) is 5.91 Å². The topological polar surface area (TPSA) is 92.9 Å². The average molecular weight is 289 g/mol. The summed E-state index contributed by atoms with van der Waals surface area (Å²) in [6.45, 7) is 0.0622. The molecule has 7 nitrogen and oxygen atoms in total. The first kappa shape index (κ1) is 13.4. The number of para-hydroxylation sites is 1. The van der Waals surface area contributed by atoms with Crippen molar-refractivity contribution in [2.75, 3.05) is 23.4 Å². The minimum atomic E-state index is -0.960. The van der Waals surface area contributed by atoms with Crippen LogP contribution in [-0.2, 0) is 20.7 Å². The summed E-state index contributed by atoms with van der Waals surface area (Å²) in [5.74, 6) is -0.686. The molecule has 0 unspecified atom stereocenters. The smallest absolute Gasteiger partial charge is 0.415 e. The Morgan fingerprint density at radius 3 is 2.76 bits per heavy atom. The van der Waals surface area contributed by atoms with Gasteiger partial charge in [0.25, 0.3) is 5.91 Å². The minimum Gasteiger partial charge on any atom is -0.434 e. The molecule has 3 amide bonds. The highest BCUT2D eigenvalue weighted by molar-refractivity contribution is 6.04. The molecule has 2 aliphatic rings. The van der Waals surface area contributed by atoms with E-state index >= 15 is 0 Å². The maximum Gasteiger partial charge on any atom is 0.415 e. The fourth-order valence-corrected chi connectivity index (χ4v) is 2.73. The van der Waals surface area contributed by atoms with Gasteiger partial charge in [0, 0.05) is 13.5 Å². The summed E-state index contributed by atoms with van der Waals surface area (Å²) >= 11 is 0. The van der Waals surface area contributed by atoms with Crippen molar-refractivity contribution >= 4 is 29.3 Å². The first-order chi connectivity index (χ1) is 9.99. The number of anilines is 2. The van der Waals surface area contributed by atoms with Crippen molar-refractivity contribution in [1.82, 2.24) is 0 Å². The minimum absolute atomic E-state index is 0.00559. The van der Waals surface area contributed by atoms with Crippen LogP contribution in [-0.4, -0.2) is 37.6 Å². The molecule has 1 saturated heterocycles. The number of aryl methyl sites for hydroxylation is 1. The highest BCUT2D eigenvalue weighted by Gasteiger charge is 2.38. The van der Waals surface area contributed by atoms with E-state index in [0.717, 1.165) is 5.56 Å². The lowest BCUT2D eigenvalue weighted by Crippen LogP contribution is -2.35. The van der Waals surface area contributed by atoms with E-state index in [9.17, 15) is 14.4 Å². The molecule has 0 aromatic heterocycles. The summed E-state index contributed by atoms with van der Waals surface area (Å²) in [6.07, 6.45) is -0.507. The molecule has 0 spiro atoms. The van der Waals surface area contributed by atoms with Gasteiger partial charge in [0.05, 0.1) is 17.9 Å². The summed E-state index contributed by atoms with van der Waals surface area (Å²) in [4.78, 5) is 37.9. The summed E-state index contributed by atoms with van der Waals surface area (Å²) in [7, 11) is 1.68. The standard InChI is InChI=1S/C14H15N3O4/c1-16-11(18)6-5-8-3-2-4-9(12(8)16)17-7-10(13(15)19)21-14(17)20/h2-4,10H,5-7H2,1H3,(H2,15,19)/t10-/m1/s1. The third kappa shape index (κ3) is 2.10. The van der Waals surface area contributed by atoms with Crippen molar-refractivity contribution in [1.29, 1.82) is 0 Å². The number of amides is 3. The van der Waals surface area contributed by atoms with E-state index in [4.69, 9.17) is 10.5 Å². The molecule has 2 aliphatic heterocycles. The number of benzene rings is 1. The predicted molar refractivity (Wildman–Crippen MR) is 75.0 cm³/mol. The van der Waals surface area contributed by atoms with Crippen molar-refractivity contribution < 1.29 is 19.1 Å². The molecule has 0 bridgehead atoms. The monoisotopic (exact) mass is 289 g/mol. The van der Waals surface area contributed by atoms with Crippen LogP contribution >= 0.6 is 0 Å². The summed E-state index contributed by atoms with van der Waals surface area (Å²) in [6, 6.07) is 5.48. The van der Waals surface area contributed by atoms with Crippen molar-refractivity contribution in [2.24, 2.45) is 5.73 Å². The van der Waals surface area contributed by atoms with Gasteiger partial charge in [-0.05, 0) is 18.1 Å². The van der Waals surface area contributed by atoms with E-state index in [1.165, 1.54) is 4.90 Å². The number of carbonyl (C=O) groups is 3. The zero-order valence-corrected chi connectivity index (χ0v) is 11.5. The van der Waals surface area contributed by atoms with Crippen molar-refractivity contribution in [3.63, 3.8) is 0 Å². The van der Waals surface area contributed by atoms with Crippen molar-refractivity contribution in [3.05, 3.63) is 23.8 Å². The molecule has 3 rings (SSSR count). The van der Waals surface area contributed by atoms with E-state index in [2.05, 4.69) is 0 Å². The quantitative estimate of drug-likeness (QED) is 0.853. The molecular formula is C14H15N3O4. The Hall–Kier alpha value is -2.57. The number of primary amides is 1. The van der Waals surface area contributed by atoms with Gasteiger partial charge in [0.15, 0.2) is 6.10 Å². The van der Waals surface area contributed by atoms with E-state index in [1.54, 1.807) is 18.0 Å². The first-order valence-corrected chi connectivity index (χ1v) is 6.65. The summed E-state index contributed by atoms with van der Waals surface area (Å²) in [5.41, 5.74) is 7.43. The maximum atomic E-state index is 12.0. The number of rotatable bonds is 2. The number of ether oxygens (including phenoxy) is 1. The molecule has 110 valence electrons. The van der Waals surface area contributed by atoms with Crippen LogP contribution in [0.2, 0.25) is 0 Å². The summed E-state index contributed by atoms with van der Waals surface area (Å²) in [5, 5.41) is 0. The second-order valence-electron chi connectivity index (χ2n) is 5.12. The SMILES string of the molecule is CN1C(=O)CCc2cccc(N3C[C@H](C(N)=O)OC3=O)c21. The van der Waals surface area contributed by atoms with Crippen LogP contribution in [0.25, 0.3) is 0 Å². The molecule has 21 heavy (non-hydrogen) atoms. The first-order valence-electron chi connectivity index (χ1n) is 6.65.